The van der Waals surface area contributed by atoms with E-state index in [4.69, 9.17) is 5.73 Å². The number of hydrogen-bond acceptors (Lipinski definition) is 3. The molecule has 0 fully saturated rings. The van der Waals surface area contributed by atoms with E-state index in [9.17, 15) is 4.79 Å². The first kappa shape index (κ1) is 11.7. The normalized spacial score (nSPS) is 12.2. The molecular weight excluding hydrogens is 190 g/mol. The number of pyridine rings is 1. The molecule has 1 unspecified atom stereocenters. The van der Waals surface area contributed by atoms with Gasteiger partial charge in [-0.1, -0.05) is 6.92 Å². The third-order valence-corrected chi connectivity index (χ3v) is 2.19. The second-order valence-electron chi connectivity index (χ2n) is 3.72. The van der Waals surface area contributed by atoms with E-state index in [-0.39, 0.29) is 11.8 Å². The molecule has 4 nitrogen and oxygen atoms in total. The van der Waals surface area contributed by atoms with E-state index in [1.54, 1.807) is 12.4 Å². The molecule has 0 aromatic carbocycles. The fraction of sp³-hybridized carbons (Fsp3) is 0.455. The molecular formula is C11H17N3O. The molecule has 1 aromatic heterocycles. The lowest BCUT2D eigenvalue weighted by Crippen LogP contribution is -2.22. The Bertz CT molecular complexity index is 338. The van der Waals surface area contributed by atoms with E-state index in [1.807, 2.05) is 19.9 Å². The first-order valence-corrected chi connectivity index (χ1v) is 5.06. The van der Waals surface area contributed by atoms with Crippen LogP contribution < -0.4 is 11.1 Å². The Hall–Kier alpha value is -1.42. The Kier molecular flexibility index (Phi) is 4.24. The van der Waals surface area contributed by atoms with Crippen LogP contribution in [0.1, 0.15) is 18.9 Å². The van der Waals surface area contributed by atoms with Crippen LogP contribution in [-0.4, -0.2) is 17.4 Å². The van der Waals surface area contributed by atoms with Gasteiger partial charge in [-0.2, -0.15) is 0 Å². The van der Waals surface area contributed by atoms with Gasteiger partial charge >= 0.3 is 0 Å². The van der Waals surface area contributed by atoms with Crippen LogP contribution >= 0.6 is 0 Å². The van der Waals surface area contributed by atoms with Gasteiger partial charge in [-0.3, -0.25) is 9.78 Å². The topological polar surface area (TPSA) is 68.0 Å². The van der Waals surface area contributed by atoms with Crippen molar-refractivity contribution in [3.05, 3.63) is 24.0 Å². The van der Waals surface area contributed by atoms with Crippen molar-refractivity contribution < 1.29 is 4.79 Å². The lowest BCUT2D eigenvalue weighted by Gasteiger charge is -2.10. The number of rotatable bonds is 4. The minimum atomic E-state index is -0.0597. The summed E-state index contributed by atoms with van der Waals surface area (Å²) in [4.78, 5) is 15.6. The molecule has 1 aromatic rings. The van der Waals surface area contributed by atoms with Gasteiger partial charge in [-0.25, -0.2) is 0 Å². The van der Waals surface area contributed by atoms with Crippen molar-refractivity contribution >= 4 is 11.6 Å². The van der Waals surface area contributed by atoms with Gasteiger partial charge < -0.3 is 11.1 Å². The van der Waals surface area contributed by atoms with E-state index in [0.29, 0.717) is 13.0 Å². The van der Waals surface area contributed by atoms with Crippen LogP contribution in [0, 0.1) is 12.8 Å². The van der Waals surface area contributed by atoms with Crippen LogP contribution in [0.5, 0.6) is 0 Å². The Morgan fingerprint density at radius 2 is 2.33 bits per heavy atom. The minimum absolute atomic E-state index is 0.00662. The van der Waals surface area contributed by atoms with E-state index >= 15 is 0 Å². The van der Waals surface area contributed by atoms with Crippen molar-refractivity contribution in [3.8, 4) is 0 Å². The first-order chi connectivity index (χ1) is 7.13. The Morgan fingerprint density at radius 3 is 2.93 bits per heavy atom. The van der Waals surface area contributed by atoms with Crippen LogP contribution in [-0.2, 0) is 4.79 Å². The van der Waals surface area contributed by atoms with Crippen molar-refractivity contribution in [2.24, 2.45) is 11.7 Å². The molecule has 0 aliphatic rings. The summed E-state index contributed by atoms with van der Waals surface area (Å²) in [5, 5.41) is 2.81. The van der Waals surface area contributed by atoms with E-state index in [1.165, 1.54) is 0 Å². The number of amides is 1. The van der Waals surface area contributed by atoms with E-state index in [0.717, 1.165) is 11.3 Å². The highest BCUT2D eigenvalue weighted by molar-refractivity contribution is 5.92. The number of aromatic nitrogens is 1. The highest BCUT2D eigenvalue weighted by atomic mass is 16.1. The van der Waals surface area contributed by atoms with Gasteiger partial charge in [0, 0.05) is 12.1 Å². The van der Waals surface area contributed by atoms with E-state index in [2.05, 4.69) is 10.3 Å². The molecule has 1 rings (SSSR count). The number of carbonyl (C=O) groups is 1. The van der Waals surface area contributed by atoms with Gasteiger partial charge in [0.25, 0.3) is 0 Å². The molecule has 3 N–H and O–H groups in total. The number of nitrogens with one attached hydrogen (secondary N) is 1. The number of anilines is 1. The van der Waals surface area contributed by atoms with Gasteiger partial charge in [-0.15, -0.1) is 0 Å². The summed E-state index contributed by atoms with van der Waals surface area (Å²) in [6.45, 7) is 4.33. The Labute approximate surface area is 89.9 Å². The van der Waals surface area contributed by atoms with Gasteiger partial charge in [-0.05, 0) is 31.5 Å². The quantitative estimate of drug-likeness (QED) is 0.782. The third kappa shape index (κ3) is 3.67. The Morgan fingerprint density at radius 1 is 1.60 bits per heavy atom. The first-order valence-electron chi connectivity index (χ1n) is 5.06. The SMILES string of the molecule is Cc1cncc(NC(=O)C(C)CCN)c1. The minimum Gasteiger partial charge on any atom is -0.330 e. The summed E-state index contributed by atoms with van der Waals surface area (Å²) < 4.78 is 0. The molecule has 1 atom stereocenters. The second-order valence-corrected chi connectivity index (χ2v) is 3.72. The molecule has 1 amide bonds. The summed E-state index contributed by atoms with van der Waals surface area (Å²) in [6, 6.07) is 1.89. The average molecular weight is 207 g/mol. The fourth-order valence-electron chi connectivity index (χ4n) is 1.27. The van der Waals surface area contributed by atoms with Crippen molar-refractivity contribution in [2.45, 2.75) is 20.3 Å². The monoisotopic (exact) mass is 207 g/mol. The average Bonchev–Trinajstić information content (AvgIpc) is 2.18. The van der Waals surface area contributed by atoms with Gasteiger partial charge in [0.15, 0.2) is 0 Å². The van der Waals surface area contributed by atoms with Gasteiger partial charge in [0.05, 0.1) is 11.9 Å². The lowest BCUT2D eigenvalue weighted by molar-refractivity contribution is -0.119. The molecule has 1 heterocycles. The number of nitrogens with zero attached hydrogens (tertiary/aromatic N) is 1. The predicted molar refractivity (Wildman–Crippen MR) is 60.4 cm³/mol. The van der Waals surface area contributed by atoms with Gasteiger partial charge in [0.1, 0.15) is 0 Å². The fourth-order valence-corrected chi connectivity index (χ4v) is 1.27. The maximum Gasteiger partial charge on any atom is 0.227 e. The standard InChI is InChI=1S/C11H17N3O/c1-8-5-10(7-13-6-8)14-11(15)9(2)3-4-12/h5-7,9H,3-4,12H2,1-2H3,(H,14,15). The zero-order chi connectivity index (χ0) is 11.3. The van der Waals surface area contributed by atoms with Gasteiger partial charge in [0.2, 0.25) is 5.91 Å². The summed E-state index contributed by atoms with van der Waals surface area (Å²) >= 11 is 0. The molecule has 0 aliphatic heterocycles. The number of aryl methyl sites for hydroxylation is 1. The molecule has 0 spiro atoms. The Balaban J connectivity index is 2.58. The predicted octanol–water partition coefficient (Wildman–Crippen LogP) is 1.31. The smallest absolute Gasteiger partial charge is 0.227 e. The van der Waals surface area contributed by atoms with Crippen LogP contribution in [0.15, 0.2) is 18.5 Å². The molecule has 0 aliphatic carbocycles. The third-order valence-electron chi connectivity index (χ3n) is 2.19. The van der Waals surface area contributed by atoms with Crippen LogP contribution in [0.3, 0.4) is 0 Å². The molecule has 0 saturated carbocycles. The zero-order valence-corrected chi connectivity index (χ0v) is 9.16. The van der Waals surface area contributed by atoms with Crippen molar-refractivity contribution in [1.29, 1.82) is 0 Å². The highest BCUT2D eigenvalue weighted by Crippen LogP contribution is 2.10. The van der Waals surface area contributed by atoms with Crippen molar-refractivity contribution in [2.75, 3.05) is 11.9 Å². The summed E-state index contributed by atoms with van der Waals surface area (Å²) in [7, 11) is 0. The zero-order valence-electron chi connectivity index (χ0n) is 9.16. The molecule has 82 valence electrons. The molecule has 0 bridgehead atoms. The largest absolute Gasteiger partial charge is 0.330 e. The molecule has 0 radical (unpaired) electrons. The number of nitrogens with two attached hydrogens (primary N) is 1. The molecule has 0 saturated heterocycles. The summed E-state index contributed by atoms with van der Waals surface area (Å²) in [5.74, 6) is -0.0663. The maximum atomic E-state index is 11.6. The van der Waals surface area contributed by atoms with Crippen molar-refractivity contribution in [3.63, 3.8) is 0 Å². The van der Waals surface area contributed by atoms with Crippen LogP contribution in [0.2, 0.25) is 0 Å². The van der Waals surface area contributed by atoms with Crippen LogP contribution in [0.4, 0.5) is 5.69 Å². The second kappa shape index (κ2) is 5.46. The summed E-state index contributed by atoms with van der Waals surface area (Å²) in [6.07, 6.45) is 4.09. The molecule has 15 heavy (non-hydrogen) atoms. The maximum absolute atomic E-state index is 11.6. The van der Waals surface area contributed by atoms with Crippen molar-refractivity contribution in [1.82, 2.24) is 4.98 Å². The highest BCUT2D eigenvalue weighted by Gasteiger charge is 2.11. The lowest BCUT2D eigenvalue weighted by atomic mass is 10.1. The van der Waals surface area contributed by atoms with Crippen LogP contribution in [0.25, 0.3) is 0 Å². The summed E-state index contributed by atoms with van der Waals surface area (Å²) in [5.41, 5.74) is 7.16. The number of carbonyl (C=O) groups excluding carboxylic acids is 1. The number of hydrogen-bond donors (Lipinski definition) is 2. The molecule has 4 heteroatoms. The van der Waals surface area contributed by atoms with E-state index < -0.39 is 0 Å².